The second-order valence-corrected chi connectivity index (χ2v) is 5.51. The molecule has 0 spiro atoms. The lowest BCUT2D eigenvalue weighted by molar-refractivity contribution is 0.177. The van der Waals surface area contributed by atoms with E-state index < -0.39 is 0 Å². The van der Waals surface area contributed by atoms with Crippen LogP contribution in [0.2, 0.25) is 0 Å². The molecule has 3 nitrogen and oxygen atoms in total. The lowest BCUT2D eigenvalue weighted by atomic mass is 10.0. The van der Waals surface area contributed by atoms with Crippen molar-refractivity contribution in [3.8, 4) is 5.75 Å². The Morgan fingerprint density at radius 2 is 2.05 bits per heavy atom. The molecule has 19 heavy (non-hydrogen) atoms. The van der Waals surface area contributed by atoms with Gasteiger partial charge in [0.05, 0.1) is 6.61 Å². The van der Waals surface area contributed by atoms with E-state index in [1.807, 2.05) is 13.0 Å². The third-order valence-corrected chi connectivity index (χ3v) is 3.78. The Morgan fingerprint density at radius 1 is 1.32 bits per heavy atom. The quantitative estimate of drug-likeness (QED) is 0.880. The Balaban J connectivity index is 1.86. The fourth-order valence-electron chi connectivity index (χ4n) is 2.64. The van der Waals surface area contributed by atoms with E-state index in [0.29, 0.717) is 12.1 Å². The van der Waals surface area contributed by atoms with Crippen LogP contribution in [-0.4, -0.2) is 36.7 Å². The van der Waals surface area contributed by atoms with E-state index in [0.717, 1.165) is 12.4 Å². The molecular formula is C16H26N2O. The third kappa shape index (κ3) is 4.13. The van der Waals surface area contributed by atoms with Crippen LogP contribution in [-0.2, 0) is 0 Å². The molecule has 1 N–H and O–H groups in total. The number of hydrogen-bond donors (Lipinski definition) is 1. The van der Waals surface area contributed by atoms with Crippen molar-refractivity contribution in [3.05, 3.63) is 24.3 Å². The molecule has 0 saturated carbocycles. The van der Waals surface area contributed by atoms with Crippen LogP contribution in [0.1, 0.15) is 33.6 Å². The molecule has 1 aliphatic rings. The lowest BCUT2D eigenvalue weighted by Gasteiger charge is -2.35. The molecule has 1 aromatic rings. The molecule has 0 amide bonds. The van der Waals surface area contributed by atoms with E-state index in [-0.39, 0.29) is 0 Å². The summed E-state index contributed by atoms with van der Waals surface area (Å²) in [6.45, 7) is 9.68. The van der Waals surface area contributed by atoms with E-state index in [2.05, 4.69) is 42.3 Å². The molecule has 0 bridgehead atoms. The average molecular weight is 262 g/mol. The summed E-state index contributed by atoms with van der Waals surface area (Å²) in [5.41, 5.74) is 1.17. The maximum atomic E-state index is 5.54. The van der Waals surface area contributed by atoms with E-state index >= 15 is 0 Å². The topological polar surface area (TPSA) is 24.5 Å². The van der Waals surface area contributed by atoms with Crippen molar-refractivity contribution < 1.29 is 4.74 Å². The number of anilines is 1. The first kappa shape index (κ1) is 14.2. The molecule has 1 heterocycles. The minimum absolute atomic E-state index is 0.590. The van der Waals surface area contributed by atoms with E-state index in [9.17, 15) is 0 Å². The monoisotopic (exact) mass is 262 g/mol. The van der Waals surface area contributed by atoms with Crippen molar-refractivity contribution in [1.29, 1.82) is 0 Å². The zero-order valence-electron chi connectivity index (χ0n) is 12.4. The minimum Gasteiger partial charge on any atom is -0.494 e. The molecule has 0 radical (unpaired) electrons. The third-order valence-electron chi connectivity index (χ3n) is 3.78. The Morgan fingerprint density at radius 3 is 2.68 bits per heavy atom. The smallest absolute Gasteiger partial charge is 0.121 e. The maximum absolute atomic E-state index is 5.54. The summed E-state index contributed by atoms with van der Waals surface area (Å²) >= 11 is 0. The summed E-state index contributed by atoms with van der Waals surface area (Å²) in [7, 11) is 0. The van der Waals surface area contributed by atoms with Crippen molar-refractivity contribution >= 4 is 5.69 Å². The second-order valence-electron chi connectivity index (χ2n) is 5.51. The zero-order chi connectivity index (χ0) is 13.7. The van der Waals surface area contributed by atoms with Gasteiger partial charge in [0.1, 0.15) is 5.75 Å². The van der Waals surface area contributed by atoms with Gasteiger partial charge in [0, 0.05) is 36.9 Å². The number of rotatable bonds is 5. The molecule has 0 atom stereocenters. The lowest BCUT2D eigenvalue weighted by Crippen LogP contribution is -2.42. The van der Waals surface area contributed by atoms with E-state index in [1.54, 1.807) is 0 Å². The minimum atomic E-state index is 0.590. The SMILES string of the molecule is CCOc1cccc(NC2CCN(C(C)C)CC2)c1. The summed E-state index contributed by atoms with van der Waals surface area (Å²) in [5.74, 6) is 0.951. The van der Waals surface area contributed by atoms with Crippen LogP contribution in [0.25, 0.3) is 0 Å². The molecule has 0 unspecified atom stereocenters. The summed E-state index contributed by atoms with van der Waals surface area (Å²) in [6, 6.07) is 9.54. The first-order chi connectivity index (χ1) is 9.19. The predicted octanol–water partition coefficient (Wildman–Crippen LogP) is 3.37. The number of hydrogen-bond acceptors (Lipinski definition) is 3. The molecule has 3 heteroatoms. The molecule has 2 rings (SSSR count). The first-order valence-corrected chi connectivity index (χ1v) is 7.42. The molecule has 1 saturated heterocycles. The standard InChI is InChI=1S/C16H26N2O/c1-4-19-16-7-5-6-15(12-16)17-14-8-10-18(11-9-14)13(2)3/h5-7,12-14,17H,4,8-11H2,1-3H3. The summed E-state index contributed by atoms with van der Waals surface area (Å²) in [6.07, 6.45) is 2.44. The molecule has 0 aliphatic carbocycles. The van der Waals surface area contributed by atoms with Crippen LogP contribution in [0.5, 0.6) is 5.75 Å². The molecule has 0 aromatic heterocycles. The fraction of sp³-hybridized carbons (Fsp3) is 0.625. The van der Waals surface area contributed by atoms with Crippen molar-refractivity contribution in [1.82, 2.24) is 4.90 Å². The van der Waals surface area contributed by atoms with Crippen LogP contribution < -0.4 is 10.1 Å². The van der Waals surface area contributed by atoms with E-state index in [1.165, 1.54) is 31.6 Å². The van der Waals surface area contributed by atoms with Gasteiger partial charge in [-0.3, -0.25) is 0 Å². The van der Waals surface area contributed by atoms with Crippen LogP contribution >= 0.6 is 0 Å². The van der Waals surface area contributed by atoms with Gasteiger partial charge in [-0.15, -0.1) is 0 Å². The predicted molar refractivity (Wildman–Crippen MR) is 81.0 cm³/mol. The Hall–Kier alpha value is -1.22. The van der Waals surface area contributed by atoms with Gasteiger partial charge in [-0.05, 0) is 45.7 Å². The van der Waals surface area contributed by atoms with Crippen LogP contribution in [0, 0.1) is 0 Å². The highest BCUT2D eigenvalue weighted by atomic mass is 16.5. The van der Waals surface area contributed by atoms with Gasteiger partial charge in [0.15, 0.2) is 0 Å². The number of nitrogens with one attached hydrogen (secondary N) is 1. The second kappa shape index (κ2) is 6.80. The molecule has 1 aliphatic heterocycles. The molecular weight excluding hydrogens is 236 g/mol. The summed E-state index contributed by atoms with van der Waals surface area (Å²) in [5, 5.41) is 3.63. The number of piperidine rings is 1. The van der Waals surface area contributed by atoms with Crippen molar-refractivity contribution in [2.75, 3.05) is 25.0 Å². The molecule has 1 aromatic carbocycles. The molecule has 106 valence electrons. The van der Waals surface area contributed by atoms with Gasteiger partial charge in [-0.25, -0.2) is 0 Å². The summed E-state index contributed by atoms with van der Waals surface area (Å²) in [4.78, 5) is 2.55. The largest absolute Gasteiger partial charge is 0.494 e. The van der Waals surface area contributed by atoms with Gasteiger partial charge >= 0.3 is 0 Å². The van der Waals surface area contributed by atoms with Gasteiger partial charge in [0.25, 0.3) is 0 Å². The Kier molecular flexibility index (Phi) is 5.08. The Labute approximate surface area is 116 Å². The van der Waals surface area contributed by atoms with Gasteiger partial charge in [-0.1, -0.05) is 6.07 Å². The molecule has 1 fully saturated rings. The first-order valence-electron chi connectivity index (χ1n) is 7.42. The Bertz CT molecular complexity index is 384. The maximum Gasteiger partial charge on any atom is 0.121 e. The van der Waals surface area contributed by atoms with Crippen LogP contribution in [0.15, 0.2) is 24.3 Å². The van der Waals surface area contributed by atoms with Gasteiger partial charge in [0.2, 0.25) is 0 Å². The highest BCUT2D eigenvalue weighted by Gasteiger charge is 2.20. The van der Waals surface area contributed by atoms with Gasteiger partial charge in [-0.2, -0.15) is 0 Å². The highest BCUT2D eigenvalue weighted by molar-refractivity contribution is 5.48. The van der Waals surface area contributed by atoms with Gasteiger partial charge < -0.3 is 15.0 Å². The van der Waals surface area contributed by atoms with E-state index in [4.69, 9.17) is 4.74 Å². The zero-order valence-corrected chi connectivity index (χ0v) is 12.4. The fourth-order valence-corrected chi connectivity index (χ4v) is 2.64. The van der Waals surface area contributed by atoms with Crippen molar-refractivity contribution in [2.24, 2.45) is 0 Å². The average Bonchev–Trinajstić information content (AvgIpc) is 2.40. The van der Waals surface area contributed by atoms with Crippen LogP contribution in [0.3, 0.4) is 0 Å². The number of ether oxygens (including phenoxy) is 1. The number of nitrogens with zero attached hydrogens (tertiary/aromatic N) is 1. The van der Waals surface area contributed by atoms with Crippen LogP contribution in [0.4, 0.5) is 5.69 Å². The highest BCUT2D eigenvalue weighted by Crippen LogP contribution is 2.21. The van der Waals surface area contributed by atoms with Crippen molar-refractivity contribution in [3.63, 3.8) is 0 Å². The number of benzene rings is 1. The number of likely N-dealkylation sites (tertiary alicyclic amines) is 1. The normalized spacial score (nSPS) is 17.7. The van der Waals surface area contributed by atoms with Crippen molar-refractivity contribution in [2.45, 2.75) is 45.7 Å². The summed E-state index contributed by atoms with van der Waals surface area (Å²) < 4.78 is 5.54.